The highest BCUT2D eigenvalue weighted by molar-refractivity contribution is 5.99. The molecule has 0 bridgehead atoms. The van der Waals surface area contributed by atoms with E-state index < -0.39 is 0 Å². The highest BCUT2D eigenvalue weighted by Gasteiger charge is 2.13. The van der Waals surface area contributed by atoms with Gasteiger partial charge in [0.1, 0.15) is 5.69 Å². The van der Waals surface area contributed by atoms with Gasteiger partial charge in [0, 0.05) is 25.4 Å². The number of amides is 1. The van der Waals surface area contributed by atoms with Crippen LogP contribution in [0.2, 0.25) is 0 Å². The molecular formula is C16H18N2O3. The highest BCUT2D eigenvalue weighted by atomic mass is 16.3. The van der Waals surface area contributed by atoms with Crippen LogP contribution in [-0.4, -0.2) is 21.4 Å². The quantitative estimate of drug-likeness (QED) is 0.821. The van der Waals surface area contributed by atoms with Gasteiger partial charge in [-0.2, -0.15) is 0 Å². The Morgan fingerprint density at radius 2 is 1.81 bits per heavy atom. The molecule has 21 heavy (non-hydrogen) atoms. The maximum Gasteiger partial charge on any atom is 0.268 e. The van der Waals surface area contributed by atoms with Gasteiger partial charge in [0.15, 0.2) is 5.78 Å². The van der Waals surface area contributed by atoms with Crippen LogP contribution in [0.4, 0.5) is 0 Å². The Labute approximate surface area is 123 Å². The van der Waals surface area contributed by atoms with E-state index >= 15 is 0 Å². The summed E-state index contributed by atoms with van der Waals surface area (Å²) in [5, 5.41) is 11.8. The van der Waals surface area contributed by atoms with Crippen LogP contribution in [0, 0.1) is 0 Å². The number of carbonyl (C=O) groups is 2. The molecule has 0 fully saturated rings. The normalized spacial score (nSPS) is 10.4. The number of nitrogens with one attached hydrogen (secondary N) is 1. The molecule has 2 N–H and O–H groups in total. The van der Waals surface area contributed by atoms with Crippen molar-refractivity contribution in [3.63, 3.8) is 0 Å². The van der Waals surface area contributed by atoms with E-state index in [2.05, 4.69) is 5.32 Å². The van der Waals surface area contributed by atoms with Crippen LogP contribution >= 0.6 is 0 Å². The first-order valence-electron chi connectivity index (χ1n) is 6.65. The van der Waals surface area contributed by atoms with Gasteiger partial charge in [0.25, 0.3) is 5.91 Å². The molecule has 2 rings (SSSR count). The fraction of sp³-hybridized carbons (Fsp3) is 0.250. The lowest BCUT2D eigenvalue weighted by Crippen LogP contribution is -2.24. The van der Waals surface area contributed by atoms with Crippen molar-refractivity contribution in [2.24, 2.45) is 7.05 Å². The third-order valence-corrected chi connectivity index (χ3v) is 3.30. The van der Waals surface area contributed by atoms with E-state index in [1.807, 2.05) is 24.3 Å². The van der Waals surface area contributed by atoms with Crippen LogP contribution in [0.25, 0.3) is 0 Å². The minimum Gasteiger partial charge on any atom is -0.392 e. The van der Waals surface area contributed by atoms with Crippen molar-refractivity contribution in [2.75, 3.05) is 0 Å². The summed E-state index contributed by atoms with van der Waals surface area (Å²) in [5.41, 5.74) is 2.75. The second-order valence-electron chi connectivity index (χ2n) is 4.94. The Kier molecular flexibility index (Phi) is 4.55. The number of hydrogen-bond acceptors (Lipinski definition) is 3. The van der Waals surface area contributed by atoms with Crippen molar-refractivity contribution in [1.82, 2.24) is 9.88 Å². The number of hydrogen-bond donors (Lipinski definition) is 2. The number of rotatable bonds is 5. The number of carbonyl (C=O) groups excluding carboxylic acids is 2. The largest absolute Gasteiger partial charge is 0.392 e. The molecule has 0 aliphatic carbocycles. The summed E-state index contributed by atoms with van der Waals surface area (Å²) < 4.78 is 1.64. The average Bonchev–Trinajstić information content (AvgIpc) is 2.87. The van der Waals surface area contributed by atoms with E-state index in [0.717, 1.165) is 11.1 Å². The van der Waals surface area contributed by atoms with Gasteiger partial charge in [-0.1, -0.05) is 24.3 Å². The van der Waals surface area contributed by atoms with Gasteiger partial charge >= 0.3 is 0 Å². The summed E-state index contributed by atoms with van der Waals surface area (Å²) in [6.07, 6.45) is 1.65. The fourth-order valence-electron chi connectivity index (χ4n) is 2.02. The van der Waals surface area contributed by atoms with Gasteiger partial charge < -0.3 is 15.0 Å². The van der Waals surface area contributed by atoms with Crippen LogP contribution in [0.15, 0.2) is 36.5 Å². The van der Waals surface area contributed by atoms with E-state index in [-0.39, 0.29) is 18.3 Å². The van der Waals surface area contributed by atoms with Crippen molar-refractivity contribution in [2.45, 2.75) is 20.1 Å². The molecule has 0 aliphatic rings. The molecule has 5 nitrogen and oxygen atoms in total. The Balaban J connectivity index is 2.02. The second-order valence-corrected chi connectivity index (χ2v) is 4.94. The lowest BCUT2D eigenvalue weighted by atomic mass is 10.1. The SMILES string of the molecule is CC(=O)c1cc(C(=O)NCc2ccc(CO)cc2)n(C)c1. The number of aliphatic hydroxyl groups excluding tert-OH is 1. The standard InChI is InChI=1S/C16H18N2O3/c1-11(20)14-7-15(18(2)9-14)16(21)17-8-12-3-5-13(10-19)6-4-12/h3-7,9,19H,8,10H2,1-2H3,(H,17,21). The summed E-state index contributed by atoms with van der Waals surface area (Å²) in [6, 6.07) is 8.94. The van der Waals surface area contributed by atoms with Crippen molar-refractivity contribution in [3.05, 3.63) is 58.9 Å². The monoisotopic (exact) mass is 286 g/mol. The predicted molar refractivity (Wildman–Crippen MR) is 79.0 cm³/mol. The van der Waals surface area contributed by atoms with Gasteiger partial charge in [0.05, 0.1) is 6.61 Å². The van der Waals surface area contributed by atoms with Crippen molar-refractivity contribution in [1.29, 1.82) is 0 Å². The summed E-state index contributed by atoms with van der Waals surface area (Å²) >= 11 is 0. The van der Waals surface area contributed by atoms with Crippen LogP contribution in [0.1, 0.15) is 38.9 Å². The van der Waals surface area contributed by atoms with Crippen molar-refractivity contribution >= 4 is 11.7 Å². The molecule has 0 saturated carbocycles. The topological polar surface area (TPSA) is 71.3 Å². The molecule has 0 spiro atoms. The number of nitrogens with zero attached hydrogens (tertiary/aromatic N) is 1. The molecule has 5 heteroatoms. The third kappa shape index (κ3) is 3.58. The summed E-state index contributed by atoms with van der Waals surface area (Å²) in [4.78, 5) is 23.4. The zero-order chi connectivity index (χ0) is 15.4. The molecule has 0 atom stereocenters. The van der Waals surface area contributed by atoms with E-state index in [0.29, 0.717) is 17.8 Å². The van der Waals surface area contributed by atoms with Gasteiger partial charge in [0.2, 0.25) is 0 Å². The molecule has 1 aromatic carbocycles. The first kappa shape index (κ1) is 15.0. The maximum atomic E-state index is 12.1. The molecule has 110 valence electrons. The number of aliphatic hydroxyl groups is 1. The van der Waals surface area contributed by atoms with Gasteiger partial charge in [-0.3, -0.25) is 9.59 Å². The van der Waals surface area contributed by atoms with E-state index in [1.165, 1.54) is 6.92 Å². The van der Waals surface area contributed by atoms with Crippen LogP contribution in [-0.2, 0) is 20.2 Å². The molecule has 0 saturated heterocycles. The van der Waals surface area contributed by atoms with Gasteiger partial charge in [-0.15, -0.1) is 0 Å². The number of ketones is 1. The number of benzene rings is 1. The molecule has 0 unspecified atom stereocenters. The maximum absolute atomic E-state index is 12.1. The lowest BCUT2D eigenvalue weighted by Gasteiger charge is -2.06. The Morgan fingerprint density at radius 1 is 1.19 bits per heavy atom. The number of Topliss-reactive ketones (excluding diaryl/α,β-unsaturated/α-hetero) is 1. The predicted octanol–water partition coefficient (Wildman–Crippen LogP) is 1.65. The third-order valence-electron chi connectivity index (χ3n) is 3.30. The second kappa shape index (κ2) is 6.37. The van der Waals surface area contributed by atoms with Crippen molar-refractivity contribution in [3.8, 4) is 0 Å². The number of aromatic nitrogens is 1. The minimum absolute atomic E-state index is 0.00378. The number of aryl methyl sites for hydroxylation is 1. The smallest absolute Gasteiger partial charge is 0.268 e. The molecule has 0 radical (unpaired) electrons. The molecule has 1 heterocycles. The molecule has 1 aromatic heterocycles. The fourth-order valence-corrected chi connectivity index (χ4v) is 2.02. The Bertz CT molecular complexity index is 657. The zero-order valence-electron chi connectivity index (χ0n) is 12.1. The average molecular weight is 286 g/mol. The van der Waals surface area contributed by atoms with E-state index in [9.17, 15) is 9.59 Å². The first-order valence-corrected chi connectivity index (χ1v) is 6.65. The Hall–Kier alpha value is -2.40. The molecule has 1 amide bonds. The van der Waals surface area contributed by atoms with Crippen LogP contribution in [0.3, 0.4) is 0 Å². The first-order chi connectivity index (χ1) is 10.0. The summed E-state index contributed by atoms with van der Waals surface area (Å²) in [6.45, 7) is 1.87. The van der Waals surface area contributed by atoms with Crippen LogP contribution < -0.4 is 5.32 Å². The minimum atomic E-state index is -0.226. The Morgan fingerprint density at radius 3 is 2.33 bits per heavy atom. The lowest BCUT2D eigenvalue weighted by molar-refractivity contribution is 0.0942. The van der Waals surface area contributed by atoms with E-state index in [1.54, 1.807) is 23.9 Å². The van der Waals surface area contributed by atoms with Gasteiger partial charge in [-0.25, -0.2) is 0 Å². The van der Waals surface area contributed by atoms with Crippen LogP contribution in [0.5, 0.6) is 0 Å². The molecular weight excluding hydrogens is 268 g/mol. The van der Waals surface area contributed by atoms with Crippen molar-refractivity contribution < 1.29 is 14.7 Å². The molecule has 2 aromatic rings. The van der Waals surface area contributed by atoms with E-state index in [4.69, 9.17) is 5.11 Å². The summed E-state index contributed by atoms with van der Waals surface area (Å²) in [5.74, 6) is -0.291. The highest BCUT2D eigenvalue weighted by Crippen LogP contribution is 2.09. The summed E-state index contributed by atoms with van der Waals surface area (Å²) in [7, 11) is 1.73. The molecule has 0 aliphatic heterocycles. The van der Waals surface area contributed by atoms with Gasteiger partial charge in [-0.05, 0) is 24.1 Å². The zero-order valence-corrected chi connectivity index (χ0v) is 12.1.